The topological polar surface area (TPSA) is 75.4 Å². The van der Waals surface area contributed by atoms with Gasteiger partial charge in [0.1, 0.15) is 5.02 Å². The first-order chi connectivity index (χ1) is 7.50. The molecule has 1 heterocycles. The van der Waals surface area contributed by atoms with Crippen LogP contribution >= 0.6 is 11.6 Å². The van der Waals surface area contributed by atoms with Gasteiger partial charge in [0, 0.05) is 25.6 Å². The van der Waals surface area contributed by atoms with E-state index >= 15 is 0 Å². The lowest BCUT2D eigenvalue weighted by Gasteiger charge is -2.37. The number of aliphatic hydroxyl groups is 1. The Bertz CT molecular complexity index is 432. The Kier molecular flexibility index (Phi) is 2.84. The predicted molar refractivity (Wildman–Crippen MR) is 59.6 cm³/mol. The van der Waals surface area contributed by atoms with Gasteiger partial charge in [0.05, 0.1) is 10.5 Å². The average Bonchev–Trinajstić information content (AvgIpc) is 2.14. The van der Waals surface area contributed by atoms with E-state index in [4.69, 9.17) is 11.6 Å². The Balaban J connectivity index is 2.18. The molecule has 0 bridgehead atoms. The van der Waals surface area contributed by atoms with E-state index in [1.807, 2.05) is 0 Å². The first kappa shape index (κ1) is 11.3. The van der Waals surface area contributed by atoms with Crippen LogP contribution in [0.25, 0.3) is 0 Å². The van der Waals surface area contributed by atoms with Crippen LogP contribution in [0.1, 0.15) is 5.56 Å². The van der Waals surface area contributed by atoms with Crippen molar-refractivity contribution in [2.45, 2.75) is 12.0 Å². The molecular weight excluding hydrogens is 232 g/mol. The van der Waals surface area contributed by atoms with Crippen molar-refractivity contribution in [2.24, 2.45) is 0 Å². The van der Waals surface area contributed by atoms with Gasteiger partial charge in [-0.05, 0) is 11.6 Å². The molecule has 0 aliphatic carbocycles. The number of halogens is 1. The summed E-state index contributed by atoms with van der Waals surface area (Å²) in [5, 5.41) is 23.5. The van der Waals surface area contributed by atoms with E-state index in [1.54, 1.807) is 6.07 Å². The molecule has 1 fully saturated rings. The molecule has 1 aliphatic heterocycles. The Hall–Kier alpha value is -1.17. The SMILES string of the molecule is O=[N+]([O-])c1ccc(CC2(O)CNC2)cc1Cl. The second-order valence-corrected chi connectivity index (χ2v) is 4.45. The summed E-state index contributed by atoms with van der Waals surface area (Å²) < 4.78 is 0. The summed E-state index contributed by atoms with van der Waals surface area (Å²) in [6, 6.07) is 4.53. The third-order valence-corrected chi connectivity index (χ3v) is 2.95. The molecule has 0 aromatic heterocycles. The van der Waals surface area contributed by atoms with E-state index in [1.165, 1.54) is 12.1 Å². The summed E-state index contributed by atoms with van der Waals surface area (Å²) in [5.74, 6) is 0. The molecule has 1 aromatic carbocycles. The third kappa shape index (κ3) is 2.16. The third-order valence-electron chi connectivity index (χ3n) is 2.65. The lowest BCUT2D eigenvalue weighted by atomic mass is 9.89. The van der Waals surface area contributed by atoms with Crippen molar-refractivity contribution in [3.05, 3.63) is 38.9 Å². The minimum absolute atomic E-state index is 0.107. The molecule has 0 radical (unpaired) electrons. The quantitative estimate of drug-likeness (QED) is 0.615. The summed E-state index contributed by atoms with van der Waals surface area (Å²) in [6.07, 6.45) is 0.456. The Morgan fingerprint density at radius 3 is 2.69 bits per heavy atom. The van der Waals surface area contributed by atoms with Gasteiger partial charge in [-0.15, -0.1) is 0 Å². The summed E-state index contributed by atoms with van der Waals surface area (Å²) >= 11 is 5.78. The first-order valence-electron chi connectivity index (χ1n) is 4.86. The minimum Gasteiger partial charge on any atom is -0.387 e. The summed E-state index contributed by atoms with van der Waals surface area (Å²) in [4.78, 5) is 10.0. The van der Waals surface area contributed by atoms with Crippen LogP contribution < -0.4 is 5.32 Å². The van der Waals surface area contributed by atoms with Crippen molar-refractivity contribution in [3.8, 4) is 0 Å². The summed E-state index contributed by atoms with van der Waals surface area (Å²) in [6.45, 7) is 1.09. The number of nitro benzene ring substituents is 1. The number of benzene rings is 1. The molecule has 86 valence electrons. The van der Waals surface area contributed by atoms with Gasteiger partial charge in [0.2, 0.25) is 0 Å². The highest BCUT2D eigenvalue weighted by Crippen LogP contribution is 2.27. The zero-order valence-electron chi connectivity index (χ0n) is 8.44. The highest BCUT2D eigenvalue weighted by molar-refractivity contribution is 6.32. The number of hydrogen-bond donors (Lipinski definition) is 2. The van der Waals surface area contributed by atoms with E-state index in [9.17, 15) is 15.2 Å². The second-order valence-electron chi connectivity index (χ2n) is 4.05. The summed E-state index contributed by atoms with van der Waals surface area (Å²) in [5.41, 5.74) is -0.0387. The minimum atomic E-state index is -0.737. The molecule has 6 heteroatoms. The number of rotatable bonds is 3. The van der Waals surface area contributed by atoms with Crippen molar-refractivity contribution < 1.29 is 10.0 Å². The number of β-amino-alcohol motifs (C(OH)–C–C–N with tert-alkyl or cyclic N) is 1. The van der Waals surface area contributed by atoms with Crippen LogP contribution in [-0.4, -0.2) is 28.7 Å². The number of nitrogens with one attached hydrogen (secondary N) is 1. The Labute approximate surface area is 97.2 Å². The largest absolute Gasteiger partial charge is 0.387 e. The van der Waals surface area contributed by atoms with Crippen LogP contribution in [0.5, 0.6) is 0 Å². The van der Waals surface area contributed by atoms with Crippen LogP contribution in [0.3, 0.4) is 0 Å². The molecule has 0 saturated carbocycles. The highest BCUT2D eigenvalue weighted by Gasteiger charge is 2.34. The maximum atomic E-state index is 10.5. The zero-order chi connectivity index (χ0) is 11.8. The normalized spacial score (nSPS) is 17.9. The molecule has 0 spiro atoms. The molecule has 0 atom stereocenters. The predicted octanol–water partition coefficient (Wildman–Crippen LogP) is 1.12. The molecule has 2 N–H and O–H groups in total. The van der Waals surface area contributed by atoms with Gasteiger partial charge in [-0.1, -0.05) is 17.7 Å². The number of hydrogen-bond acceptors (Lipinski definition) is 4. The summed E-state index contributed by atoms with van der Waals surface area (Å²) in [7, 11) is 0. The van der Waals surface area contributed by atoms with Gasteiger partial charge in [-0.25, -0.2) is 0 Å². The lowest BCUT2D eigenvalue weighted by molar-refractivity contribution is -0.384. The van der Waals surface area contributed by atoms with Crippen LogP contribution in [0.4, 0.5) is 5.69 Å². The molecule has 0 amide bonds. The standard InChI is InChI=1S/C10H11ClN2O3/c11-8-3-7(1-2-9(8)13(15)16)4-10(14)5-12-6-10/h1-3,12,14H,4-6H2. The van der Waals surface area contributed by atoms with Gasteiger partial charge < -0.3 is 10.4 Å². The average molecular weight is 243 g/mol. The van der Waals surface area contributed by atoms with E-state index < -0.39 is 10.5 Å². The zero-order valence-corrected chi connectivity index (χ0v) is 9.20. The maximum Gasteiger partial charge on any atom is 0.287 e. The van der Waals surface area contributed by atoms with Crippen LogP contribution in [0.2, 0.25) is 5.02 Å². The van der Waals surface area contributed by atoms with Crippen molar-refractivity contribution in [1.29, 1.82) is 0 Å². The fourth-order valence-electron chi connectivity index (χ4n) is 1.73. The Morgan fingerprint density at radius 2 is 2.25 bits per heavy atom. The second kappa shape index (κ2) is 4.01. The smallest absolute Gasteiger partial charge is 0.287 e. The molecular formula is C10H11ClN2O3. The van der Waals surface area contributed by atoms with Crippen LogP contribution in [0, 0.1) is 10.1 Å². The molecule has 1 saturated heterocycles. The van der Waals surface area contributed by atoms with Crippen molar-refractivity contribution in [1.82, 2.24) is 5.32 Å². The number of nitrogens with zero attached hydrogens (tertiary/aromatic N) is 1. The van der Waals surface area contributed by atoms with E-state index in [-0.39, 0.29) is 10.7 Å². The van der Waals surface area contributed by atoms with Crippen LogP contribution in [-0.2, 0) is 6.42 Å². The van der Waals surface area contributed by atoms with Crippen molar-refractivity contribution >= 4 is 17.3 Å². The monoisotopic (exact) mass is 242 g/mol. The van der Waals surface area contributed by atoms with E-state index in [0.29, 0.717) is 19.5 Å². The molecule has 1 aromatic rings. The van der Waals surface area contributed by atoms with E-state index in [0.717, 1.165) is 5.56 Å². The van der Waals surface area contributed by atoms with Gasteiger partial charge in [-0.3, -0.25) is 10.1 Å². The molecule has 5 nitrogen and oxygen atoms in total. The van der Waals surface area contributed by atoms with Crippen molar-refractivity contribution in [2.75, 3.05) is 13.1 Å². The number of nitro groups is 1. The van der Waals surface area contributed by atoms with Crippen molar-refractivity contribution in [3.63, 3.8) is 0 Å². The fourth-order valence-corrected chi connectivity index (χ4v) is 2.00. The molecule has 1 aliphatic rings. The van der Waals surface area contributed by atoms with Gasteiger partial charge >= 0.3 is 0 Å². The maximum absolute atomic E-state index is 10.5. The Morgan fingerprint density at radius 1 is 1.56 bits per heavy atom. The molecule has 16 heavy (non-hydrogen) atoms. The van der Waals surface area contributed by atoms with Gasteiger partial charge in [0.15, 0.2) is 0 Å². The highest BCUT2D eigenvalue weighted by atomic mass is 35.5. The van der Waals surface area contributed by atoms with Crippen LogP contribution in [0.15, 0.2) is 18.2 Å². The lowest BCUT2D eigenvalue weighted by Crippen LogP contribution is -2.60. The van der Waals surface area contributed by atoms with Gasteiger partial charge in [0.25, 0.3) is 5.69 Å². The first-order valence-corrected chi connectivity index (χ1v) is 5.24. The fraction of sp³-hybridized carbons (Fsp3) is 0.400. The van der Waals surface area contributed by atoms with Gasteiger partial charge in [-0.2, -0.15) is 0 Å². The van der Waals surface area contributed by atoms with E-state index in [2.05, 4.69) is 5.32 Å². The molecule has 2 rings (SSSR count). The molecule has 0 unspecified atom stereocenters.